The van der Waals surface area contributed by atoms with Crippen molar-refractivity contribution < 1.29 is 22.3 Å². The number of hydrogen-bond donors (Lipinski definition) is 1. The number of halogens is 4. The van der Waals surface area contributed by atoms with Gasteiger partial charge in [0.1, 0.15) is 13.4 Å². The second-order valence-electron chi connectivity index (χ2n) is 2.74. The molecule has 0 aliphatic heterocycles. The van der Waals surface area contributed by atoms with Crippen LogP contribution in [0.15, 0.2) is 0 Å². The third kappa shape index (κ3) is 9.69. The molecule has 0 atom stereocenters. The van der Waals surface area contributed by atoms with Gasteiger partial charge < -0.3 is 5.32 Å². The lowest BCUT2D eigenvalue weighted by Gasteiger charge is -2.17. The van der Waals surface area contributed by atoms with Crippen LogP contribution in [0.3, 0.4) is 0 Å². The normalized spacial score (nSPS) is 12.4. The minimum absolute atomic E-state index is 0.216. The highest BCUT2D eigenvalue weighted by Crippen LogP contribution is 2.15. The zero-order valence-corrected chi connectivity index (χ0v) is 7.90. The van der Waals surface area contributed by atoms with E-state index in [0.29, 0.717) is 13.1 Å². The third-order valence-electron chi connectivity index (χ3n) is 1.39. The molecule has 0 bridgehead atoms. The molecule has 7 heteroatoms. The van der Waals surface area contributed by atoms with Crippen molar-refractivity contribution in [3.63, 3.8) is 0 Å². The molecule has 0 fully saturated rings. The van der Waals surface area contributed by atoms with Gasteiger partial charge in [0.25, 0.3) is 0 Å². The first-order valence-electron chi connectivity index (χ1n) is 4.11. The predicted molar refractivity (Wildman–Crippen MR) is 43.5 cm³/mol. The molecule has 14 heavy (non-hydrogen) atoms. The summed E-state index contributed by atoms with van der Waals surface area (Å²) >= 11 is 0. The van der Waals surface area contributed by atoms with E-state index in [0.717, 1.165) is 0 Å². The lowest BCUT2D eigenvalue weighted by Crippen LogP contribution is -2.33. The van der Waals surface area contributed by atoms with E-state index in [1.165, 1.54) is 11.9 Å². The summed E-state index contributed by atoms with van der Waals surface area (Å²) in [7, 11) is 1.49. The van der Waals surface area contributed by atoms with E-state index in [4.69, 9.17) is 0 Å². The highest BCUT2D eigenvalue weighted by Gasteiger charge is 2.29. The number of nitrogens with one attached hydrogen (secondary N) is 1. The Labute approximate surface area is 80.0 Å². The molecule has 0 heterocycles. The van der Waals surface area contributed by atoms with E-state index < -0.39 is 19.8 Å². The van der Waals surface area contributed by atoms with Crippen LogP contribution in [-0.4, -0.2) is 51.3 Å². The molecule has 0 amide bonds. The zero-order valence-electron chi connectivity index (χ0n) is 7.90. The highest BCUT2D eigenvalue weighted by atomic mass is 19.4. The molecule has 0 saturated heterocycles. The topological polar surface area (TPSA) is 24.5 Å². The number of rotatable bonds is 7. The maximum Gasteiger partial charge on any atom is 0.523 e. The van der Waals surface area contributed by atoms with Gasteiger partial charge in [-0.2, -0.15) is 0 Å². The summed E-state index contributed by atoms with van der Waals surface area (Å²) in [6, 6.07) is 0. The van der Waals surface area contributed by atoms with Crippen LogP contribution < -0.4 is 5.32 Å². The quantitative estimate of drug-likeness (QED) is 0.391. The van der Waals surface area contributed by atoms with Gasteiger partial charge in [-0.25, -0.2) is 4.39 Å². The minimum Gasteiger partial charge on any atom is -0.313 e. The van der Waals surface area contributed by atoms with Crippen LogP contribution in [0.1, 0.15) is 0 Å². The first kappa shape index (κ1) is 13.6. The van der Waals surface area contributed by atoms with Crippen LogP contribution in [0.25, 0.3) is 0 Å². The number of ether oxygens (including phenoxy) is 1. The summed E-state index contributed by atoms with van der Waals surface area (Å²) in [5.74, 6) is 0. The van der Waals surface area contributed by atoms with E-state index in [9.17, 15) is 17.6 Å². The second-order valence-corrected chi connectivity index (χ2v) is 2.74. The molecule has 0 aliphatic rings. The van der Waals surface area contributed by atoms with Crippen LogP contribution in [0, 0.1) is 0 Å². The van der Waals surface area contributed by atoms with Crippen LogP contribution in [0.4, 0.5) is 17.6 Å². The maximum atomic E-state index is 11.6. The molecule has 86 valence electrons. The van der Waals surface area contributed by atoms with Gasteiger partial charge in [0.15, 0.2) is 0 Å². The monoisotopic (exact) mass is 218 g/mol. The van der Waals surface area contributed by atoms with Gasteiger partial charge in [0.05, 0.1) is 0 Å². The molecule has 1 N–H and O–H groups in total. The standard InChI is InChI=1S/C7H14F4N2O/c1-13(5-4-12-3-2-8)6-14-7(9,10)11/h12H,2-6H2,1H3. The Morgan fingerprint density at radius 1 is 1.29 bits per heavy atom. The molecule has 0 rings (SSSR count). The van der Waals surface area contributed by atoms with Crippen molar-refractivity contribution in [2.24, 2.45) is 0 Å². The Morgan fingerprint density at radius 2 is 1.93 bits per heavy atom. The van der Waals surface area contributed by atoms with Gasteiger partial charge in [-0.05, 0) is 7.05 Å². The van der Waals surface area contributed by atoms with E-state index in [2.05, 4.69) is 10.1 Å². The van der Waals surface area contributed by atoms with Crippen LogP contribution in [-0.2, 0) is 4.74 Å². The molecular weight excluding hydrogens is 204 g/mol. The Hall–Kier alpha value is -0.400. The minimum atomic E-state index is -4.60. The Bertz CT molecular complexity index is 142. The fraction of sp³-hybridized carbons (Fsp3) is 1.00. The van der Waals surface area contributed by atoms with Crippen molar-refractivity contribution in [2.75, 3.05) is 40.1 Å². The smallest absolute Gasteiger partial charge is 0.313 e. The lowest BCUT2D eigenvalue weighted by molar-refractivity contribution is -0.335. The summed E-state index contributed by atoms with van der Waals surface area (Å²) in [5.41, 5.74) is 0. The van der Waals surface area contributed by atoms with E-state index in [1.807, 2.05) is 0 Å². The van der Waals surface area contributed by atoms with Crippen LogP contribution in [0.2, 0.25) is 0 Å². The van der Waals surface area contributed by atoms with Crippen molar-refractivity contribution in [3.8, 4) is 0 Å². The van der Waals surface area contributed by atoms with Crippen molar-refractivity contribution in [3.05, 3.63) is 0 Å². The Kier molecular flexibility index (Phi) is 6.77. The van der Waals surface area contributed by atoms with Crippen molar-refractivity contribution >= 4 is 0 Å². The first-order chi connectivity index (χ1) is 6.45. The van der Waals surface area contributed by atoms with Gasteiger partial charge in [-0.1, -0.05) is 0 Å². The molecule has 0 aliphatic carbocycles. The molecular formula is C7H14F4N2O. The molecule has 0 aromatic rings. The van der Waals surface area contributed by atoms with Gasteiger partial charge in [0, 0.05) is 19.6 Å². The molecule has 0 aromatic carbocycles. The van der Waals surface area contributed by atoms with Crippen LogP contribution in [0.5, 0.6) is 0 Å². The Balaban J connectivity index is 3.32. The summed E-state index contributed by atoms with van der Waals surface area (Å²) < 4.78 is 49.8. The average Bonchev–Trinajstić information content (AvgIpc) is 2.08. The second kappa shape index (κ2) is 6.97. The fourth-order valence-electron chi connectivity index (χ4n) is 0.710. The SMILES string of the molecule is CN(CCNCCF)COC(F)(F)F. The fourth-order valence-corrected chi connectivity index (χ4v) is 0.710. The number of likely N-dealkylation sites (N-methyl/N-ethyl adjacent to an activating group) is 1. The summed E-state index contributed by atoms with van der Waals surface area (Å²) in [5, 5.41) is 2.71. The highest BCUT2D eigenvalue weighted by molar-refractivity contribution is 4.50. The van der Waals surface area contributed by atoms with E-state index >= 15 is 0 Å². The molecule has 0 saturated carbocycles. The summed E-state index contributed by atoms with van der Waals surface area (Å²) in [4.78, 5) is 1.35. The predicted octanol–water partition coefficient (Wildman–Crippen LogP) is 0.971. The summed E-state index contributed by atoms with van der Waals surface area (Å²) in [6.45, 7) is 0.0231. The largest absolute Gasteiger partial charge is 0.523 e. The van der Waals surface area contributed by atoms with Crippen molar-refractivity contribution in [1.82, 2.24) is 10.2 Å². The third-order valence-corrected chi connectivity index (χ3v) is 1.39. The van der Waals surface area contributed by atoms with E-state index in [1.54, 1.807) is 0 Å². The summed E-state index contributed by atoms with van der Waals surface area (Å²) in [6.07, 6.45) is -4.60. The first-order valence-corrected chi connectivity index (χ1v) is 4.11. The molecule has 3 nitrogen and oxygen atoms in total. The van der Waals surface area contributed by atoms with Crippen molar-refractivity contribution in [1.29, 1.82) is 0 Å². The van der Waals surface area contributed by atoms with Gasteiger partial charge in [-0.15, -0.1) is 13.2 Å². The van der Waals surface area contributed by atoms with E-state index in [-0.39, 0.29) is 6.54 Å². The van der Waals surface area contributed by atoms with Crippen LogP contribution >= 0.6 is 0 Å². The molecule has 0 radical (unpaired) electrons. The number of nitrogens with zero attached hydrogens (tertiary/aromatic N) is 1. The molecule has 0 aromatic heterocycles. The Morgan fingerprint density at radius 3 is 2.43 bits per heavy atom. The zero-order chi connectivity index (χ0) is 11.0. The van der Waals surface area contributed by atoms with Gasteiger partial charge >= 0.3 is 6.36 Å². The molecule has 0 unspecified atom stereocenters. The maximum absolute atomic E-state index is 11.6. The average molecular weight is 218 g/mol. The van der Waals surface area contributed by atoms with Gasteiger partial charge in [0.2, 0.25) is 0 Å². The number of alkyl halides is 4. The van der Waals surface area contributed by atoms with Gasteiger partial charge in [-0.3, -0.25) is 9.64 Å². The molecule has 0 spiro atoms. The lowest BCUT2D eigenvalue weighted by atomic mass is 10.5. The van der Waals surface area contributed by atoms with Crippen molar-refractivity contribution in [2.45, 2.75) is 6.36 Å². The number of hydrogen-bond acceptors (Lipinski definition) is 3.